The van der Waals surface area contributed by atoms with Crippen molar-refractivity contribution >= 4 is 17.8 Å². The van der Waals surface area contributed by atoms with Crippen molar-refractivity contribution in [2.75, 3.05) is 19.6 Å². The molecule has 2 aliphatic rings. The quantitative estimate of drug-likeness (QED) is 0.422. The Kier molecular flexibility index (Phi) is 3.48. The summed E-state index contributed by atoms with van der Waals surface area (Å²) < 4.78 is 0. The van der Waals surface area contributed by atoms with E-state index in [0.29, 0.717) is 0 Å². The zero-order chi connectivity index (χ0) is 13.3. The van der Waals surface area contributed by atoms with Gasteiger partial charge < -0.3 is 20.4 Å². The number of nitrogens with one attached hydrogen (secondary N) is 2. The number of carboxylic acid groups (broad SMARTS) is 1. The molecule has 2 fully saturated rings. The van der Waals surface area contributed by atoms with Crippen molar-refractivity contribution in [3.8, 4) is 0 Å². The largest absolute Gasteiger partial charge is 0.480 e. The van der Waals surface area contributed by atoms with Crippen LogP contribution in [0.25, 0.3) is 0 Å². The molecule has 0 aromatic heterocycles. The Bertz CT molecular complexity index is 376. The molecular formula is C10H15N3O5. The molecule has 8 heteroatoms. The van der Waals surface area contributed by atoms with Crippen LogP contribution in [-0.4, -0.2) is 70.7 Å². The molecule has 100 valence electrons. The highest BCUT2D eigenvalue weighted by Crippen LogP contribution is 2.19. The number of aliphatic carboxylic acids is 1. The molecule has 8 nitrogen and oxygen atoms in total. The van der Waals surface area contributed by atoms with Crippen molar-refractivity contribution in [3.05, 3.63) is 0 Å². The van der Waals surface area contributed by atoms with Gasteiger partial charge in [-0.05, 0) is 0 Å². The zero-order valence-electron chi connectivity index (χ0n) is 9.63. The number of rotatable bonds is 2. The van der Waals surface area contributed by atoms with Crippen LogP contribution in [-0.2, 0) is 14.4 Å². The third-order valence-corrected chi connectivity index (χ3v) is 3.16. The minimum Gasteiger partial charge on any atom is -0.480 e. The van der Waals surface area contributed by atoms with Crippen LogP contribution in [0, 0.1) is 0 Å². The Morgan fingerprint density at radius 3 is 2.67 bits per heavy atom. The molecule has 0 spiro atoms. The number of nitrogens with zero attached hydrogens (tertiary/aromatic N) is 1. The molecule has 2 amide bonds. The summed E-state index contributed by atoms with van der Waals surface area (Å²) in [5.74, 6) is -1.73. The van der Waals surface area contributed by atoms with Gasteiger partial charge in [-0.1, -0.05) is 0 Å². The molecule has 3 unspecified atom stereocenters. The lowest BCUT2D eigenvalue weighted by atomic mass is 10.1. The fourth-order valence-electron chi connectivity index (χ4n) is 2.23. The van der Waals surface area contributed by atoms with E-state index in [2.05, 4.69) is 10.6 Å². The topological polar surface area (TPSA) is 119 Å². The van der Waals surface area contributed by atoms with Gasteiger partial charge >= 0.3 is 5.97 Å². The number of β-amino-alcohol motifs (C(OH)–C–C–N with tert-alkyl or cyclic N) is 1. The van der Waals surface area contributed by atoms with E-state index in [1.165, 1.54) is 0 Å². The number of carbonyl (C=O) groups is 3. The molecule has 0 aromatic rings. The Hall–Kier alpha value is -1.67. The van der Waals surface area contributed by atoms with Crippen molar-refractivity contribution in [2.24, 2.45) is 0 Å². The molecule has 0 saturated carbocycles. The number of carbonyl (C=O) groups excluding carboxylic acids is 2. The molecule has 3 atom stereocenters. The van der Waals surface area contributed by atoms with Gasteiger partial charge in [-0.25, -0.2) is 4.79 Å². The van der Waals surface area contributed by atoms with Gasteiger partial charge in [0.1, 0.15) is 12.1 Å². The second-order valence-electron chi connectivity index (χ2n) is 4.47. The summed E-state index contributed by atoms with van der Waals surface area (Å²) in [7, 11) is 0. The monoisotopic (exact) mass is 257 g/mol. The molecule has 2 heterocycles. The highest BCUT2D eigenvalue weighted by molar-refractivity contribution is 5.90. The summed E-state index contributed by atoms with van der Waals surface area (Å²) >= 11 is 0. The molecule has 0 radical (unpaired) electrons. The number of carboxylic acids is 1. The van der Waals surface area contributed by atoms with E-state index in [0.717, 1.165) is 4.90 Å². The number of aliphatic hydroxyl groups excluding tert-OH is 1. The van der Waals surface area contributed by atoms with Crippen LogP contribution in [0.1, 0.15) is 6.42 Å². The number of aliphatic hydroxyl groups is 1. The summed E-state index contributed by atoms with van der Waals surface area (Å²) in [5, 5.41) is 23.7. The normalized spacial score (nSPS) is 32.2. The van der Waals surface area contributed by atoms with E-state index in [-0.39, 0.29) is 32.0 Å². The molecule has 2 saturated heterocycles. The highest BCUT2D eigenvalue weighted by atomic mass is 16.4. The van der Waals surface area contributed by atoms with Crippen molar-refractivity contribution in [2.45, 2.75) is 24.6 Å². The summed E-state index contributed by atoms with van der Waals surface area (Å²) in [5.41, 5.74) is 0. The van der Waals surface area contributed by atoms with Crippen molar-refractivity contribution in [1.82, 2.24) is 15.5 Å². The van der Waals surface area contributed by atoms with E-state index in [1.54, 1.807) is 0 Å². The summed E-state index contributed by atoms with van der Waals surface area (Å²) in [4.78, 5) is 35.2. The van der Waals surface area contributed by atoms with Gasteiger partial charge in [-0.2, -0.15) is 0 Å². The number of amides is 2. The average Bonchev–Trinajstić information content (AvgIpc) is 2.71. The second kappa shape index (κ2) is 4.91. The lowest BCUT2D eigenvalue weighted by Crippen LogP contribution is -2.59. The lowest BCUT2D eigenvalue weighted by molar-refractivity contribution is -0.149. The van der Waals surface area contributed by atoms with Gasteiger partial charge in [-0.3, -0.25) is 14.9 Å². The molecule has 2 aliphatic heterocycles. The van der Waals surface area contributed by atoms with E-state index in [4.69, 9.17) is 5.11 Å². The van der Waals surface area contributed by atoms with E-state index >= 15 is 0 Å². The highest BCUT2D eigenvalue weighted by Gasteiger charge is 2.41. The first-order valence-corrected chi connectivity index (χ1v) is 5.70. The van der Waals surface area contributed by atoms with Crippen LogP contribution in [0.3, 0.4) is 0 Å². The minimum absolute atomic E-state index is 0.0158. The van der Waals surface area contributed by atoms with Crippen LogP contribution in [0.15, 0.2) is 0 Å². The number of hydrogen-bond donors (Lipinski definition) is 4. The molecule has 0 aromatic carbocycles. The molecule has 4 N–H and O–H groups in total. The number of piperazine rings is 1. The summed E-state index contributed by atoms with van der Waals surface area (Å²) in [6, 6.07) is -1.62. The summed E-state index contributed by atoms with van der Waals surface area (Å²) in [6.45, 7) is 0.184. The van der Waals surface area contributed by atoms with E-state index < -0.39 is 30.1 Å². The Balaban J connectivity index is 2.03. The first-order valence-electron chi connectivity index (χ1n) is 5.70. The van der Waals surface area contributed by atoms with Crippen molar-refractivity contribution in [3.63, 3.8) is 0 Å². The van der Waals surface area contributed by atoms with Gasteiger partial charge in [0, 0.05) is 19.5 Å². The SMILES string of the molecule is O=C1CNC(C(=O)N2CC(O)CC2C(=O)O)CN1. The van der Waals surface area contributed by atoms with E-state index in [1.807, 2.05) is 0 Å². The first kappa shape index (κ1) is 12.8. The maximum Gasteiger partial charge on any atom is 0.326 e. The fourth-order valence-corrected chi connectivity index (χ4v) is 2.23. The van der Waals surface area contributed by atoms with Gasteiger partial charge in [0.2, 0.25) is 11.8 Å². The standard InChI is InChI=1S/C10H15N3O5/c14-5-1-7(10(17)18)13(4-5)9(16)6-2-12-8(15)3-11-6/h5-7,11,14H,1-4H2,(H,12,15)(H,17,18). The summed E-state index contributed by atoms with van der Waals surface area (Å²) in [6.07, 6.45) is -0.770. The Morgan fingerprint density at radius 1 is 1.39 bits per heavy atom. The van der Waals surface area contributed by atoms with Gasteiger partial charge in [0.25, 0.3) is 0 Å². The van der Waals surface area contributed by atoms with Crippen LogP contribution in [0.5, 0.6) is 0 Å². The zero-order valence-corrected chi connectivity index (χ0v) is 9.63. The molecule has 0 bridgehead atoms. The molecule has 0 aliphatic carbocycles. The predicted molar refractivity (Wildman–Crippen MR) is 58.6 cm³/mol. The van der Waals surface area contributed by atoms with Crippen molar-refractivity contribution < 1.29 is 24.6 Å². The maximum absolute atomic E-state index is 12.1. The van der Waals surface area contributed by atoms with Gasteiger partial charge in [0.05, 0.1) is 12.6 Å². The van der Waals surface area contributed by atoms with Gasteiger partial charge in [-0.15, -0.1) is 0 Å². The predicted octanol–water partition coefficient (Wildman–Crippen LogP) is -2.88. The van der Waals surface area contributed by atoms with Crippen LogP contribution in [0.2, 0.25) is 0 Å². The average molecular weight is 257 g/mol. The van der Waals surface area contributed by atoms with Crippen LogP contribution >= 0.6 is 0 Å². The third-order valence-electron chi connectivity index (χ3n) is 3.16. The van der Waals surface area contributed by atoms with Crippen LogP contribution < -0.4 is 10.6 Å². The molecule has 2 rings (SSSR count). The number of hydrogen-bond acceptors (Lipinski definition) is 5. The fraction of sp³-hybridized carbons (Fsp3) is 0.700. The smallest absolute Gasteiger partial charge is 0.326 e. The maximum atomic E-state index is 12.1. The first-order chi connectivity index (χ1) is 8.49. The number of likely N-dealkylation sites (tertiary alicyclic amines) is 1. The van der Waals surface area contributed by atoms with Crippen LogP contribution in [0.4, 0.5) is 0 Å². The molecular weight excluding hydrogens is 242 g/mol. The minimum atomic E-state index is -1.13. The van der Waals surface area contributed by atoms with Gasteiger partial charge in [0.15, 0.2) is 0 Å². The third kappa shape index (κ3) is 2.44. The van der Waals surface area contributed by atoms with Crippen molar-refractivity contribution in [1.29, 1.82) is 0 Å². The lowest BCUT2D eigenvalue weighted by Gasteiger charge is -2.29. The Morgan fingerprint density at radius 2 is 2.11 bits per heavy atom. The Labute approximate surface area is 103 Å². The van der Waals surface area contributed by atoms with E-state index in [9.17, 15) is 19.5 Å². The second-order valence-corrected chi connectivity index (χ2v) is 4.47. The molecule has 18 heavy (non-hydrogen) atoms.